The highest BCUT2D eigenvalue weighted by atomic mass is 16.3. The summed E-state index contributed by atoms with van der Waals surface area (Å²) in [5, 5.41) is 13.6. The molecule has 0 saturated heterocycles. The van der Waals surface area contributed by atoms with Gasteiger partial charge in [0.05, 0.1) is 11.6 Å². The first kappa shape index (κ1) is 14.6. The predicted octanol–water partition coefficient (Wildman–Crippen LogP) is 2.38. The quantitative estimate of drug-likeness (QED) is 0.783. The van der Waals surface area contributed by atoms with E-state index in [0.717, 1.165) is 16.5 Å². The summed E-state index contributed by atoms with van der Waals surface area (Å²) in [5.74, 6) is -0.0406. The van der Waals surface area contributed by atoms with E-state index in [-0.39, 0.29) is 5.91 Å². The molecule has 2 rings (SSSR count). The number of aliphatic hydroxyl groups is 1. The number of aryl methyl sites for hydroxylation is 1. The summed E-state index contributed by atoms with van der Waals surface area (Å²) in [4.78, 5) is 15.2. The number of rotatable bonds is 5. The summed E-state index contributed by atoms with van der Waals surface area (Å²) in [6, 6.07) is 8.06. The Bertz CT molecular complexity index is 599. The van der Waals surface area contributed by atoms with E-state index in [1.54, 1.807) is 6.92 Å². The number of aromatic nitrogens is 1. The van der Waals surface area contributed by atoms with Crippen LogP contribution >= 0.6 is 0 Å². The van der Waals surface area contributed by atoms with Gasteiger partial charge < -0.3 is 15.4 Å². The molecule has 1 atom stereocenters. The van der Waals surface area contributed by atoms with Gasteiger partial charge in [0, 0.05) is 23.5 Å². The fraction of sp³-hybridized carbons (Fsp3) is 0.438. The smallest absolute Gasteiger partial charge is 0.220 e. The second-order valence-electron chi connectivity index (χ2n) is 5.81. The molecule has 20 heavy (non-hydrogen) atoms. The number of hydrogen-bond acceptors (Lipinski definition) is 2. The first-order chi connectivity index (χ1) is 9.40. The summed E-state index contributed by atoms with van der Waals surface area (Å²) in [5.41, 5.74) is 1.63. The van der Waals surface area contributed by atoms with Crippen LogP contribution in [0, 0.1) is 0 Å². The van der Waals surface area contributed by atoms with Gasteiger partial charge in [0.1, 0.15) is 0 Å². The zero-order valence-electron chi connectivity index (χ0n) is 12.2. The Labute approximate surface area is 119 Å². The van der Waals surface area contributed by atoms with Gasteiger partial charge >= 0.3 is 0 Å². The number of carbonyl (C=O) groups excluding carboxylic acids is 1. The van der Waals surface area contributed by atoms with E-state index in [1.165, 1.54) is 0 Å². The molecule has 1 aromatic carbocycles. The molecule has 4 heteroatoms. The molecule has 4 nitrogen and oxygen atoms in total. The molecule has 0 saturated carbocycles. The fourth-order valence-corrected chi connectivity index (χ4v) is 2.11. The van der Waals surface area contributed by atoms with Crippen LogP contribution in [-0.2, 0) is 11.2 Å². The van der Waals surface area contributed by atoms with Crippen LogP contribution in [0.25, 0.3) is 10.9 Å². The molecule has 0 aliphatic rings. The van der Waals surface area contributed by atoms with Crippen LogP contribution in [0.15, 0.2) is 30.5 Å². The summed E-state index contributed by atoms with van der Waals surface area (Å²) in [6.07, 6.45) is 2.47. The van der Waals surface area contributed by atoms with Crippen molar-refractivity contribution in [2.24, 2.45) is 0 Å². The van der Waals surface area contributed by atoms with Gasteiger partial charge in [-0.25, -0.2) is 0 Å². The molecule has 108 valence electrons. The van der Waals surface area contributed by atoms with Gasteiger partial charge in [-0.3, -0.25) is 4.79 Å². The van der Waals surface area contributed by atoms with Crippen LogP contribution in [0.1, 0.15) is 32.8 Å². The van der Waals surface area contributed by atoms with Crippen molar-refractivity contribution in [3.63, 3.8) is 0 Å². The topological polar surface area (TPSA) is 65.1 Å². The Balaban J connectivity index is 1.97. The van der Waals surface area contributed by atoms with Crippen molar-refractivity contribution in [2.45, 2.75) is 45.3 Å². The lowest BCUT2D eigenvalue weighted by Crippen LogP contribution is -2.51. The van der Waals surface area contributed by atoms with Crippen molar-refractivity contribution in [3.8, 4) is 0 Å². The zero-order chi connectivity index (χ0) is 14.8. The number of amides is 1. The molecule has 1 aromatic heterocycles. The number of H-pyrrole nitrogens is 1. The highest BCUT2D eigenvalue weighted by Gasteiger charge is 2.25. The third kappa shape index (κ3) is 3.20. The maximum absolute atomic E-state index is 12.0. The van der Waals surface area contributed by atoms with Gasteiger partial charge in [-0.15, -0.1) is 0 Å². The van der Waals surface area contributed by atoms with Crippen LogP contribution in [-0.4, -0.2) is 27.6 Å². The van der Waals surface area contributed by atoms with E-state index in [1.807, 2.05) is 38.2 Å². The van der Waals surface area contributed by atoms with E-state index in [9.17, 15) is 9.90 Å². The third-order valence-electron chi connectivity index (χ3n) is 3.80. The minimum atomic E-state index is -0.600. The molecule has 0 radical (unpaired) electrons. The average Bonchev–Trinajstić information content (AvgIpc) is 2.79. The summed E-state index contributed by atoms with van der Waals surface area (Å²) >= 11 is 0. The number of fused-ring (bicyclic) bond motifs is 1. The number of benzene rings is 1. The maximum Gasteiger partial charge on any atom is 0.220 e. The van der Waals surface area contributed by atoms with Gasteiger partial charge in [-0.1, -0.05) is 18.2 Å². The lowest BCUT2D eigenvalue weighted by Gasteiger charge is -2.29. The lowest BCUT2D eigenvalue weighted by molar-refractivity contribution is -0.123. The molecular weight excluding hydrogens is 252 g/mol. The molecule has 0 bridgehead atoms. The number of aliphatic hydroxyl groups excluding tert-OH is 1. The molecule has 0 spiro atoms. The number of para-hydroxylation sites is 1. The minimum Gasteiger partial charge on any atom is -0.391 e. The number of hydrogen-bond donors (Lipinski definition) is 3. The summed E-state index contributed by atoms with van der Waals surface area (Å²) in [7, 11) is 0. The van der Waals surface area contributed by atoms with Gasteiger partial charge in [-0.2, -0.15) is 0 Å². The molecule has 1 amide bonds. The molecule has 3 N–H and O–H groups in total. The van der Waals surface area contributed by atoms with E-state index >= 15 is 0 Å². The van der Waals surface area contributed by atoms with Crippen molar-refractivity contribution in [1.82, 2.24) is 10.3 Å². The largest absolute Gasteiger partial charge is 0.391 e. The monoisotopic (exact) mass is 274 g/mol. The fourth-order valence-electron chi connectivity index (χ4n) is 2.11. The van der Waals surface area contributed by atoms with Crippen LogP contribution in [0.3, 0.4) is 0 Å². The van der Waals surface area contributed by atoms with Gasteiger partial charge in [0.15, 0.2) is 0 Å². The highest BCUT2D eigenvalue weighted by molar-refractivity contribution is 5.84. The molecule has 1 heterocycles. The standard InChI is InChI=1S/C16H22N2O2/c1-11(19)16(2,3)18-15(20)9-8-12-10-17-14-7-5-4-6-13(12)14/h4-7,10-11,17,19H,8-9H2,1-3H3,(H,18,20). The maximum atomic E-state index is 12.0. The predicted molar refractivity (Wildman–Crippen MR) is 80.5 cm³/mol. The Kier molecular flexibility index (Phi) is 4.14. The normalized spacial score (nSPS) is 13.4. The summed E-state index contributed by atoms with van der Waals surface area (Å²) in [6.45, 7) is 5.32. The highest BCUT2D eigenvalue weighted by Crippen LogP contribution is 2.19. The SMILES string of the molecule is CC(O)C(C)(C)NC(=O)CCc1c[nH]c2ccccc12. The van der Waals surface area contributed by atoms with E-state index in [0.29, 0.717) is 12.8 Å². The lowest BCUT2D eigenvalue weighted by atomic mass is 9.98. The van der Waals surface area contributed by atoms with Gasteiger partial charge in [0.25, 0.3) is 0 Å². The Morgan fingerprint density at radius 2 is 2.10 bits per heavy atom. The zero-order valence-corrected chi connectivity index (χ0v) is 12.2. The Hall–Kier alpha value is -1.81. The van der Waals surface area contributed by atoms with Gasteiger partial charge in [0.2, 0.25) is 5.91 Å². The first-order valence-corrected chi connectivity index (χ1v) is 6.94. The van der Waals surface area contributed by atoms with Crippen molar-refractivity contribution >= 4 is 16.8 Å². The molecule has 0 aliphatic heterocycles. The van der Waals surface area contributed by atoms with Crippen molar-refractivity contribution in [2.75, 3.05) is 0 Å². The van der Waals surface area contributed by atoms with E-state index in [2.05, 4.69) is 16.4 Å². The Morgan fingerprint density at radius 3 is 2.80 bits per heavy atom. The third-order valence-corrected chi connectivity index (χ3v) is 3.80. The minimum absolute atomic E-state index is 0.0406. The second kappa shape index (κ2) is 5.67. The van der Waals surface area contributed by atoms with Crippen LogP contribution in [0.5, 0.6) is 0 Å². The average molecular weight is 274 g/mol. The number of aromatic amines is 1. The van der Waals surface area contributed by atoms with Crippen molar-refractivity contribution < 1.29 is 9.90 Å². The Morgan fingerprint density at radius 1 is 1.40 bits per heavy atom. The van der Waals surface area contributed by atoms with Crippen LogP contribution in [0.2, 0.25) is 0 Å². The van der Waals surface area contributed by atoms with Crippen LogP contribution < -0.4 is 5.32 Å². The first-order valence-electron chi connectivity index (χ1n) is 6.94. The van der Waals surface area contributed by atoms with Crippen molar-refractivity contribution in [1.29, 1.82) is 0 Å². The molecule has 0 aliphatic carbocycles. The number of nitrogens with one attached hydrogen (secondary N) is 2. The molecular formula is C16H22N2O2. The molecule has 2 aromatic rings. The summed E-state index contributed by atoms with van der Waals surface area (Å²) < 4.78 is 0. The van der Waals surface area contributed by atoms with E-state index < -0.39 is 11.6 Å². The van der Waals surface area contributed by atoms with Gasteiger partial charge in [-0.05, 0) is 38.8 Å². The number of carbonyl (C=O) groups is 1. The second-order valence-corrected chi connectivity index (χ2v) is 5.81. The molecule has 1 unspecified atom stereocenters. The van der Waals surface area contributed by atoms with E-state index in [4.69, 9.17) is 0 Å². The van der Waals surface area contributed by atoms with Crippen LogP contribution in [0.4, 0.5) is 0 Å². The molecule has 0 fully saturated rings. The van der Waals surface area contributed by atoms with Crippen molar-refractivity contribution in [3.05, 3.63) is 36.0 Å².